The van der Waals surface area contributed by atoms with Crippen LogP contribution in [-0.2, 0) is 19.8 Å². The van der Waals surface area contributed by atoms with Crippen molar-refractivity contribution in [3.05, 3.63) is 28.3 Å². The van der Waals surface area contributed by atoms with Gasteiger partial charge in [-0.2, -0.15) is 23.4 Å². The van der Waals surface area contributed by atoms with Crippen LogP contribution < -0.4 is 10.6 Å². The summed E-state index contributed by atoms with van der Waals surface area (Å²) in [5.74, 6) is -1.55. The summed E-state index contributed by atoms with van der Waals surface area (Å²) in [6.07, 6.45) is -3.39. The molecule has 0 bridgehead atoms. The second-order valence-corrected chi connectivity index (χ2v) is 5.29. The number of aromatic nitrogens is 4. The number of nitrogens with zero attached hydrogens (tertiary/aromatic N) is 4. The molecule has 25 heavy (non-hydrogen) atoms. The zero-order valence-electron chi connectivity index (χ0n) is 13.4. The van der Waals surface area contributed by atoms with E-state index in [1.807, 2.05) is 0 Å². The zero-order valence-corrected chi connectivity index (χ0v) is 14.2. The van der Waals surface area contributed by atoms with E-state index >= 15 is 0 Å². The zero-order chi connectivity index (χ0) is 18.9. The molecule has 2 aromatic rings. The quantitative estimate of drug-likeness (QED) is 0.850. The maximum Gasteiger partial charge on any atom is 0.434 e. The smallest absolute Gasteiger partial charge is 0.354 e. The average molecular weight is 379 g/mol. The summed E-state index contributed by atoms with van der Waals surface area (Å²) in [6, 6.07) is 0. The summed E-state index contributed by atoms with van der Waals surface area (Å²) in [5.41, 5.74) is -1.90. The minimum Gasteiger partial charge on any atom is -0.354 e. The lowest BCUT2D eigenvalue weighted by atomic mass is 10.3. The van der Waals surface area contributed by atoms with E-state index in [1.165, 1.54) is 17.9 Å². The van der Waals surface area contributed by atoms with Gasteiger partial charge in [-0.15, -0.1) is 0 Å². The second kappa shape index (κ2) is 6.75. The van der Waals surface area contributed by atoms with Crippen molar-refractivity contribution in [1.82, 2.24) is 24.9 Å². The molecule has 0 fully saturated rings. The van der Waals surface area contributed by atoms with Crippen molar-refractivity contribution in [1.29, 1.82) is 0 Å². The fourth-order valence-electron chi connectivity index (χ4n) is 2.09. The molecule has 0 aliphatic rings. The van der Waals surface area contributed by atoms with E-state index in [1.54, 1.807) is 6.92 Å². The molecule has 0 aromatic carbocycles. The number of hydrogen-bond acceptors (Lipinski definition) is 4. The molecule has 0 saturated carbocycles. The number of amides is 2. The molecule has 136 valence electrons. The number of hydrogen-bond donors (Lipinski definition) is 2. The van der Waals surface area contributed by atoms with E-state index in [2.05, 4.69) is 20.8 Å². The van der Waals surface area contributed by atoms with Crippen LogP contribution in [0.1, 0.15) is 33.6 Å². The van der Waals surface area contributed by atoms with Crippen molar-refractivity contribution in [2.24, 2.45) is 7.05 Å². The van der Waals surface area contributed by atoms with Gasteiger partial charge in [0.25, 0.3) is 11.8 Å². The Labute approximate surface area is 144 Å². The molecular weight excluding hydrogens is 365 g/mol. The monoisotopic (exact) mass is 378 g/mol. The molecule has 2 heterocycles. The van der Waals surface area contributed by atoms with Crippen molar-refractivity contribution in [3.8, 4) is 0 Å². The maximum absolute atomic E-state index is 12.9. The van der Waals surface area contributed by atoms with Crippen LogP contribution in [0.3, 0.4) is 0 Å². The normalized spacial score (nSPS) is 11.5. The van der Waals surface area contributed by atoms with Gasteiger partial charge in [-0.05, 0) is 6.92 Å². The van der Waals surface area contributed by atoms with Crippen molar-refractivity contribution >= 4 is 29.1 Å². The van der Waals surface area contributed by atoms with Crippen LogP contribution in [-0.4, -0.2) is 38.4 Å². The highest BCUT2D eigenvalue weighted by Crippen LogP contribution is 2.36. The Morgan fingerprint density at radius 3 is 2.36 bits per heavy atom. The number of anilines is 1. The number of halogens is 4. The number of rotatable bonds is 4. The molecule has 0 spiro atoms. The predicted octanol–water partition coefficient (Wildman–Crippen LogP) is 1.92. The standard InChI is InChI=1S/C13H14ClF3N6O2/c1-4-23-5-6(8(21-23)11(24)18-2)19-12(25)9-7(14)10(13(15,16)17)22(3)20-9/h5H,4H2,1-3H3,(H,18,24)(H,19,25). The molecule has 0 radical (unpaired) electrons. The first-order valence-electron chi connectivity index (χ1n) is 7.00. The van der Waals surface area contributed by atoms with Crippen LogP contribution in [0.2, 0.25) is 5.02 Å². The van der Waals surface area contributed by atoms with Gasteiger partial charge in [-0.1, -0.05) is 11.6 Å². The largest absolute Gasteiger partial charge is 0.434 e. The molecule has 0 aliphatic heterocycles. The SMILES string of the molecule is CCn1cc(NC(=O)c2nn(C)c(C(F)(F)F)c2Cl)c(C(=O)NC)n1. The van der Waals surface area contributed by atoms with Gasteiger partial charge >= 0.3 is 6.18 Å². The summed E-state index contributed by atoms with van der Waals surface area (Å²) < 4.78 is 40.7. The minimum atomic E-state index is -4.77. The van der Waals surface area contributed by atoms with Crippen LogP contribution in [0.4, 0.5) is 18.9 Å². The molecule has 0 saturated heterocycles. The molecule has 2 N–H and O–H groups in total. The summed E-state index contributed by atoms with van der Waals surface area (Å²) >= 11 is 5.67. The van der Waals surface area contributed by atoms with Crippen LogP contribution in [0.5, 0.6) is 0 Å². The van der Waals surface area contributed by atoms with E-state index in [9.17, 15) is 22.8 Å². The van der Waals surface area contributed by atoms with Gasteiger partial charge in [0.2, 0.25) is 0 Å². The first-order chi connectivity index (χ1) is 11.6. The second-order valence-electron chi connectivity index (χ2n) is 4.91. The highest BCUT2D eigenvalue weighted by atomic mass is 35.5. The Bertz CT molecular complexity index is 827. The highest BCUT2D eigenvalue weighted by Gasteiger charge is 2.40. The fraction of sp³-hybridized carbons (Fsp3) is 0.385. The van der Waals surface area contributed by atoms with Crippen molar-refractivity contribution in [3.63, 3.8) is 0 Å². The van der Waals surface area contributed by atoms with Gasteiger partial charge in [0.1, 0.15) is 5.02 Å². The number of alkyl halides is 3. The van der Waals surface area contributed by atoms with Crippen molar-refractivity contribution in [2.75, 3.05) is 12.4 Å². The molecule has 2 aromatic heterocycles. The maximum atomic E-state index is 12.9. The lowest BCUT2D eigenvalue weighted by molar-refractivity contribution is -0.143. The van der Waals surface area contributed by atoms with Crippen molar-refractivity contribution < 1.29 is 22.8 Å². The Kier molecular flexibility index (Phi) is 5.07. The molecule has 0 unspecified atom stereocenters. The number of carbonyl (C=O) groups is 2. The van der Waals surface area contributed by atoms with Gasteiger partial charge in [-0.3, -0.25) is 19.0 Å². The summed E-state index contributed by atoms with van der Waals surface area (Å²) in [7, 11) is 2.40. The van der Waals surface area contributed by atoms with Crippen LogP contribution in [0, 0.1) is 0 Å². The number of carbonyl (C=O) groups excluding carboxylic acids is 2. The lowest BCUT2D eigenvalue weighted by Gasteiger charge is -2.06. The van der Waals surface area contributed by atoms with E-state index in [4.69, 9.17) is 11.6 Å². The van der Waals surface area contributed by atoms with E-state index in [-0.39, 0.29) is 11.4 Å². The topological polar surface area (TPSA) is 93.8 Å². The van der Waals surface area contributed by atoms with Crippen LogP contribution in [0.25, 0.3) is 0 Å². The molecule has 2 amide bonds. The molecule has 0 atom stereocenters. The summed E-state index contributed by atoms with van der Waals surface area (Å²) in [5, 5.41) is 11.4. The number of nitrogens with one attached hydrogen (secondary N) is 2. The Hall–Kier alpha value is -2.56. The van der Waals surface area contributed by atoms with E-state index in [0.717, 1.165) is 7.05 Å². The summed E-state index contributed by atoms with van der Waals surface area (Å²) in [4.78, 5) is 24.1. The molecule has 12 heteroatoms. The third kappa shape index (κ3) is 3.60. The highest BCUT2D eigenvalue weighted by molar-refractivity contribution is 6.34. The predicted molar refractivity (Wildman–Crippen MR) is 82.5 cm³/mol. The average Bonchev–Trinajstić information content (AvgIpc) is 3.06. The molecule has 0 aliphatic carbocycles. The first kappa shape index (κ1) is 18.8. The molecule has 2 rings (SSSR count). The van der Waals surface area contributed by atoms with Gasteiger partial charge < -0.3 is 10.6 Å². The van der Waals surface area contributed by atoms with E-state index in [0.29, 0.717) is 11.2 Å². The van der Waals surface area contributed by atoms with Crippen LogP contribution in [0.15, 0.2) is 6.20 Å². The Morgan fingerprint density at radius 2 is 1.88 bits per heavy atom. The van der Waals surface area contributed by atoms with Gasteiger partial charge in [0, 0.05) is 26.8 Å². The third-order valence-corrected chi connectivity index (χ3v) is 3.61. The molecule has 8 nitrogen and oxygen atoms in total. The molecular formula is C13H14ClF3N6O2. The van der Waals surface area contributed by atoms with Gasteiger partial charge in [-0.25, -0.2) is 0 Å². The summed E-state index contributed by atoms with van der Waals surface area (Å²) in [6.45, 7) is 2.18. The Balaban J connectivity index is 2.39. The van der Waals surface area contributed by atoms with Crippen LogP contribution >= 0.6 is 11.6 Å². The van der Waals surface area contributed by atoms with E-state index < -0.39 is 34.4 Å². The fourth-order valence-corrected chi connectivity index (χ4v) is 2.45. The number of aryl methyl sites for hydroxylation is 2. The first-order valence-corrected chi connectivity index (χ1v) is 7.38. The van der Waals surface area contributed by atoms with Crippen molar-refractivity contribution in [2.45, 2.75) is 19.6 Å². The Morgan fingerprint density at radius 1 is 1.24 bits per heavy atom. The van der Waals surface area contributed by atoms with Gasteiger partial charge in [0.05, 0.1) is 5.69 Å². The third-order valence-electron chi connectivity index (χ3n) is 3.25. The minimum absolute atomic E-state index is 0.0291. The van der Waals surface area contributed by atoms with Gasteiger partial charge in [0.15, 0.2) is 17.1 Å². The lowest BCUT2D eigenvalue weighted by Crippen LogP contribution is -2.22.